The quantitative estimate of drug-likeness (QED) is 0.458. The molecule has 1 aromatic carbocycles. The van der Waals surface area contributed by atoms with E-state index in [-0.39, 0.29) is 17.9 Å². The third-order valence-corrected chi connectivity index (χ3v) is 6.10. The van der Waals surface area contributed by atoms with Crippen LogP contribution < -0.4 is 5.32 Å². The molecular weight excluding hydrogens is 428 g/mol. The van der Waals surface area contributed by atoms with Gasteiger partial charge in [0, 0.05) is 36.3 Å². The Kier molecular flexibility index (Phi) is 5.63. The van der Waals surface area contributed by atoms with E-state index >= 15 is 0 Å². The van der Waals surface area contributed by atoms with Crippen molar-refractivity contribution in [3.63, 3.8) is 0 Å². The second-order valence-electron chi connectivity index (χ2n) is 8.19. The van der Waals surface area contributed by atoms with Gasteiger partial charge in [-0.05, 0) is 50.1 Å². The van der Waals surface area contributed by atoms with Gasteiger partial charge < -0.3 is 10.2 Å². The Bertz CT molecular complexity index is 1380. The van der Waals surface area contributed by atoms with Gasteiger partial charge in [0.1, 0.15) is 11.6 Å². The zero-order valence-corrected chi connectivity index (χ0v) is 18.8. The van der Waals surface area contributed by atoms with Crippen molar-refractivity contribution in [3.8, 4) is 11.3 Å². The van der Waals surface area contributed by atoms with E-state index in [0.29, 0.717) is 17.9 Å². The van der Waals surface area contributed by atoms with Crippen LogP contribution in [0.1, 0.15) is 40.8 Å². The second kappa shape index (κ2) is 8.90. The fraction of sp³-hybridized carbons (Fsp3) is 0.192. The number of hydrogen-bond donors (Lipinski definition) is 1. The Morgan fingerprint density at radius 2 is 1.94 bits per heavy atom. The first-order valence-electron chi connectivity index (χ1n) is 11.2. The number of pyridine rings is 1. The largest absolute Gasteiger partial charge is 0.329 e. The van der Waals surface area contributed by atoms with E-state index in [1.54, 1.807) is 36.7 Å². The predicted molar refractivity (Wildman–Crippen MR) is 129 cm³/mol. The summed E-state index contributed by atoms with van der Waals surface area (Å²) in [7, 11) is 0. The monoisotopic (exact) mass is 452 g/mol. The molecule has 34 heavy (non-hydrogen) atoms. The van der Waals surface area contributed by atoms with Gasteiger partial charge in [-0.1, -0.05) is 24.8 Å². The molecule has 0 bridgehead atoms. The first kappa shape index (κ1) is 21.5. The molecule has 4 heterocycles. The summed E-state index contributed by atoms with van der Waals surface area (Å²) in [5, 5.41) is 2.79. The highest BCUT2D eigenvalue weighted by Crippen LogP contribution is 2.36. The van der Waals surface area contributed by atoms with Gasteiger partial charge in [0.15, 0.2) is 0 Å². The van der Waals surface area contributed by atoms with Gasteiger partial charge in [0.25, 0.3) is 5.91 Å². The molecule has 1 atom stereocenters. The molecule has 1 aliphatic heterocycles. The van der Waals surface area contributed by atoms with Crippen LogP contribution in [0, 0.1) is 6.92 Å². The molecule has 170 valence electrons. The maximum absolute atomic E-state index is 12.6. The van der Waals surface area contributed by atoms with Crippen molar-refractivity contribution in [2.75, 3.05) is 11.9 Å². The van der Waals surface area contributed by atoms with Crippen molar-refractivity contribution in [3.05, 3.63) is 90.8 Å². The van der Waals surface area contributed by atoms with E-state index in [0.717, 1.165) is 41.1 Å². The molecular formula is C26H24N6O2. The molecule has 1 fully saturated rings. The van der Waals surface area contributed by atoms with Gasteiger partial charge in [0.05, 0.1) is 22.9 Å². The van der Waals surface area contributed by atoms with Gasteiger partial charge in [-0.3, -0.25) is 19.0 Å². The van der Waals surface area contributed by atoms with Crippen LogP contribution in [-0.2, 0) is 4.79 Å². The van der Waals surface area contributed by atoms with E-state index in [1.807, 2.05) is 40.6 Å². The summed E-state index contributed by atoms with van der Waals surface area (Å²) in [6.45, 7) is 6.28. The standard InChI is InChI=1S/C26H24N6O2/c1-3-22(33)31-15-6-7-20(31)25-30-23(24-17(2)27-14-16-32(24)25)18-9-11-19(12-10-18)26(34)29-21-8-4-5-13-28-21/h3-5,8-14,16,20H,1,6-7,15H2,2H3,(H,28,29,34). The van der Waals surface area contributed by atoms with Crippen LogP contribution in [0.15, 0.2) is 73.7 Å². The number of nitrogens with one attached hydrogen (secondary N) is 1. The summed E-state index contributed by atoms with van der Waals surface area (Å²) in [6, 6.07) is 12.5. The minimum absolute atomic E-state index is 0.0881. The van der Waals surface area contributed by atoms with E-state index in [1.165, 1.54) is 6.08 Å². The lowest BCUT2D eigenvalue weighted by molar-refractivity contribution is -0.127. The molecule has 1 saturated heterocycles. The summed E-state index contributed by atoms with van der Waals surface area (Å²) < 4.78 is 2.03. The normalized spacial score (nSPS) is 15.4. The highest BCUT2D eigenvalue weighted by Gasteiger charge is 2.33. The molecule has 2 amide bonds. The number of anilines is 1. The number of carbonyl (C=O) groups excluding carboxylic acids is 2. The molecule has 0 aliphatic carbocycles. The molecule has 0 saturated carbocycles. The van der Waals surface area contributed by atoms with Crippen molar-refractivity contribution in [1.29, 1.82) is 0 Å². The summed E-state index contributed by atoms with van der Waals surface area (Å²) >= 11 is 0. The number of rotatable bonds is 5. The number of hydrogen-bond acceptors (Lipinski definition) is 5. The van der Waals surface area contributed by atoms with E-state index < -0.39 is 0 Å². The molecule has 1 aliphatic rings. The molecule has 1 N–H and O–H groups in total. The van der Waals surface area contributed by atoms with Gasteiger partial charge in [-0.25, -0.2) is 9.97 Å². The fourth-order valence-corrected chi connectivity index (χ4v) is 4.48. The van der Waals surface area contributed by atoms with Crippen LogP contribution >= 0.6 is 0 Å². The zero-order chi connectivity index (χ0) is 23.7. The Morgan fingerprint density at radius 1 is 1.12 bits per heavy atom. The van der Waals surface area contributed by atoms with Crippen LogP contribution in [-0.4, -0.2) is 42.6 Å². The number of amides is 2. The highest BCUT2D eigenvalue weighted by molar-refractivity contribution is 6.04. The van der Waals surface area contributed by atoms with Crippen molar-refractivity contribution in [2.24, 2.45) is 0 Å². The minimum atomic E-state index is -0.233. The first-order valence-corrected chi connectivity index (χ1v) is 11.2. The maximum atomic E-state index is 12.6. The third-order valence-electron chi connectivity index (χ3n) is 6.10. The smallest absolute Gasteiger partial charge is 0.256 e. The molecule has 4 aromatic rings. The first-order chi connectivity index (χ1) is 16.6. The number of aryl methyl sites for hydroxylation is 1. The van der Waals surface area contributed by atoms with Crippen LogP contribution in [0.2, 0.25) is 0 Å². The van der Waals surface area contributed by atoms with E-state index in [9.17, 15) is 9.59 Å². The molecule has 8 heteroatoms. The Hall–Kier alpha value is -4.33. The van der Waals surface area contributed by atoms with Crippen molar-refractivity contribution in [1.82, 2.24) is 24.3 Å². The number of aromatic nitrogens is 4. The van der Waals surface area contributed by atoms with Crippen molar-refractivity contribution >= 4 is 23.1 Å². The van der Waals surface area contributed by atoms with Crippen LogP contribution in [0.5, 0.6) is 0 Å². The topological polar surface area (TPSA) is 92.5 Å². The lowest BCUT2D eigenvalue weighted by atomic mass is 10.1. The number of benzene rings is 1. The van der Waals surface area contributed by atoms with Gasteiger partial charge in [-0.2, -0.15) is 0 Å². The van der Waals surface area contributed by atoms with E-state index in [4.69, 9.17) is 4.98 Å². The lowest BCUT2D eigenvalue weighted by Crippen LogP contribution is -2.29. The Labute approximate surface area is 197 Å². The predicted octanol–water partition coefficient (Wildman–Crippen LogP) is 4.20. The number of imidazole rings is 1. The molecule has 0 spiro atoms. The summed E-state index contributed by atoms with van der Waals surface area (Å²) in [6.07, 6.45) is 8.38. The number of nitrogens with zero attached hydrogens (tertiary/aromatic N) is 5. The van der Waals surface area contributed by atoms with Gasteiger partial charge >= 0.3 is 0 Å². The lowest BCUT2D eigenvalue weighted by Gasteiger charge is -2.22. The third kappa shape index (κ3) is 3.83. The molecule has 3 aromatic heterocycles. The fourth-order valence-electron chi connectivity index (χ4n) is 4.48. The highest BCUT2D eigenvalue weighted by atomic mass is 16.2. The molecule has 1 unspecified atom stereocenters. The van der Waals surface area contributed by atoms with Gasteiger partial charge in [0.2, 0.25) is 5.91 Å². The molecule has 0 radical (unpaired) electrons. The van der Waals surface area contributed by atoms with Gasteiger partial charge in [-0.15, -0.1) is 0 Å². The average molecular weight is 453 g/mol. The van der Waals surface area contributed by atoms with Crippen LogP contribution in [0.25, 0.3) is 16.8 Å². The molecule has 8 nitrogen and oxygen atoms in total. The average Bonchev–Trinajstić information content (AvgIpc) is 3.50. The van der Waals surface area contributed by atoms with Crippen LogP contribution in [0.4, 0.5) is 5.82 Å². The van der Waals surface area contributed by atoms with Crippen molar-refractivity contribution in [2.45, 2.75) is 25.8 Å². The maximum Gasteiger partial charge on any atom is 0.256 e. The summed E-state index contributed by atoms with van der Waals surface area (Å²) in [4.78, 5) is 40.5. The summed E-state index contributed by atoms with van der Waals surface area (Å²) in [5.74, 6) is 0.983. The number of fused-ring (bicyclic) bond motifs is 1. The Balaban J connectivity index is 1.51. The Morgan fingerprint density at radius 3 is 2.68 bits per heavy atom. The number of likely N-dealkylation sites (tertiary alicyclic amines) is 1. The van der Waals surface area contributed by atoms with Crippen molar-refractivity contribution < 1.29 is 9.59 Å². The SMILES string of the molecule is C=CC(=O)N1CCCC1c1nc(-c2ccc(C(=O)Nc3ccccn3)cc2)c2c(C)nccn12. The molecule has 5 rings (SSSR count). The summed E-state index contributed by atoms with van der Waals surface area (Å²) in [5.41, 5.74) is 3.89. The number of carbonyl (C=O) groups is 2. The zero-order valence-electron chi connectivity index (χ0n) is 18.8. The van der Waals surface area contributed by atoms with Crippen LogP contribution in [0.3, 0.4) is 0 Å². The second-order valence-corrected chi connectivity index (χ2v) is 8.19. The van der Waals surface area contributed by atoms with E-state index in [2.05, 4.69) is 21.9 Å². The minimum Gasteiger partial charge on any atom is -0.329 e.